The van der Waals surface area contributed by atoms with Gasteiger partial charge in [-0.2, -0.15) is 23.3 Å². The number of hydrogen-bond acceptors (Lipinski definition) is 0. The van der Waals surface area contributed by atoms with Gasteiger partial charge in [0, 0.05) is 0 Å². The Morgan fingerprint density at radius 1 is 0.594 bits per heavy atom. The van der Waals surface area contributed by atoms with E-state index in [0.717, 1.165) is 12.8 Å². The third-order valence-electron chi connectivity index (χ3n) is 4.88. The third kappa shape index (κ3) is 10.3. The molecule has 0 aliphatic heterocycles. The van der Waals surface area contributed by atoms with Crippen molar-refractivity contribution < 1.29 is 23.3 Å². The Kier molecular flexibility index (Phi) is 20.6. The van der Waals surface area contributed by atoms with Crippen molar-refractivity contribution in [2.75, 3.05) is 0 Å². The molecule has 0 nitrogen and oxygen atoms in total. The molecule has 2 aromatic rings. The van der Waals surface area contributed by atoms with Crippen LogP contribution in [0.2, 0.25) is 0 Å². The van der Waals surface area contributed by atoms with Crippen molar-refractivity contribution in [3.8, 4) is 0 Å². The molecule has 4 rings (SSSR count). The van der Waals surface area contributed by atoms with Gasteiger partial charge in [-0.3, -0.25) is 12.2 Å². The summed E-state index contributed by atoms with van der Waals surface area (Å²) in [5.41, 5.74) is 10.5. The summed E-state index contributed by atoms with van der Waals surface area (Å²) in [7, 11) is 0. The SMILES string of the molecule is CC1=[C-]CC=C1c1ccc(C)cc1.CC1=[C-]CC=C1c1ccc(C)cc1.Cl.Cl.[CH3-].[CH3-].[SiH2]=[Zr]. The standard InChI is InChI=1S/2C13H13.2CH3.2ClH.H2Si.Zr/c2*1-10-6-8-12(9-7-10)13-5-3-4-11(13)2;;;;;;/h2*5-9H,3H2,1-2H3;2*1H3;2*1H;1H2;/q4*-1;;;;. The Morgan fingerprint density at radius 3 is 1.09 bits per heavy atom. The van der Waals surface area contributed by atoms with Crippen LogP contribution in [0.25, 0.3) is 11.1 Å². The second-order valence-electron chi connectivity index (χ2n) is 6.98. The first-order valence-corrected chi connectivity index (χ1v) is 15.5. The molecule has 0 unspecified atom stereocenters. The van der Waals surface area contributed by atoms with Crippen LogP contribution in [0.15, 0.2) is 71.8 Å². The topological polar surface area (TPSA) is 0 Å². The van der Waals surface area contributed by atoms with E-state index in [4.69, 9.17) is 0 Å². The van der Waals surface area contributed by atoms with Gasteiger partial charge in [-0.1, -0.05) is 73.5 Å². The molecule has 0 bridgehead atoms. The zero-order chi connectivity index (χ0) is 20.5. The Hall–Kier alpha value is -0.920. The molecule has 0 N–H and O–H groups in total. The summed E-state index contributed by atoms with van der Waals surface area (Å²) >= 11 is 1.58. The Balaban J connectivity index is -0.000000437. The van der Waals surface area contributed by atoms with E-state index < -0.39 is 0 Å². The van der Waals surface area contributed by atoms with Gasteiger partial charge in [-0.25, -0.2) is 11.1 Å². The molecule has 0 radical (unpaired) electrons. The maximum atomic E-state index is 3.31. The van der Waals surface area contributed by atoms with E-state index >= 15 is 0 Å². The molecule has 0 atom stereocenters. The van der Waals surface area contributed by atoms with Crippen molar-refractivity contribution in [3.05, 3.63) is 121 Å². The van der Waals surface area contributed by atoms with Crippen molar-refractivity contribution >= 4 is 42.8 Å². The number of hydrogen-bond donors (Lipinski definition) is 0. The first kappa shape index (κ1) is 35.7. The van der Waals surface area contributed by atoms with E-state index in [1.165, 1.54) is 44.5 Å². The van der Waals surface area contributed by atoms with Crippen LogP contribution < -0.4 is 0 Å². The zero-order valence-corrected chi connectivity index (χ0v) is 25.7. The normalized spacial score (nSPS) is 12.7. The number of rotatable bonds is 2. The fraction of sp³-hybridized carbons (Fsp3) is 0.214. The summed E-state index contributed by atoms with van der Waals surface area (Å²) in [4.78, 5) is 0. The molecule has 0 fully saturated rings. The summed E-state index contributed by atoms with van der Waals surface area (Å²) in [6.07, 6.45) is 13.0. The predicted octanol–water partition coefficient (Wildman–Crippen LogP) is 7.89. The Morgan fingerprint density at radius 2 is 0.875 bits per heavy atom. The molecule has 2 aliphatic carbocycles. The van der Waals surface area contributed by atoms with Crippen molar-refractivity contribution in [1.29, 1.82) is 0 Å². The van der Waals surface area contributed by atoms with Crippen molar-refractivity contribution in [2.24, 2.45) is 0 Å². The van der Waals surface area contributed by atoms with E-state index in [0.29, 0.717) is 0 Å². The van der Waals surface area contributed by atoms with Gasteiger partial charge < -0.3 is 14.9 Å². The second kappa shape index (κ2) is 18.5. The van der Waals surface area contributed by atoms with Crippen LogP contribution in [0, 0.1) is 40.9 Å². The first-order valence-electron chi connectivity index (χ1n) is 9.60. The number of allylic oxidation sites excluding steroid dienone is 8. The van der Waals surface area contributed by atoms with Crippen LogP contribution in [0.3, 0.4) is 0 Å². The molecule has 174 valence electrons. The van der Waals surface area contributed by atoms with Gasteiger partial charge in [-0.15, -0.1) is 48.8 Å². The molecule has 2 aliphatic rings. The van der Waals surface area contributed by atoms with Gasteiger partial charge in [-0.05, 0) is 13.8 Å². The fourth-order valence-corrected chi connectivity index (χ4v) is 3.24. The Labute approximate surface area is 226 Å². The molecule has 0 aromatic heterocycles. The van der Waals surface area contributed by atoms with Crippen molar-refractivity contribution in [1.82, 2.24) is 0 Å². The van der Waals surface area contributed by atoms with Crippen LogP contribution >= 0.6 is 24.8 Å². The molecule has 0 amide bonds. The van der Waals surface area contributed by atoms with Gasteiger partial charge in [0.25, 0.3) is 0 Å². The molecule has 0 saturated carbocycles. The molecule has 32 heavy (non-hydrogen) atoms. The van der Waals surface area contributed by atoms with Crippen molar-refractivity contribution in [3.63, 3.8) is 0 Å². The van der Waals surface area contributed by atoms with Crippen LogP contribution in [0.4, 0.5) is 0 Å². The third-order valence-corrected chi connectivity index (χ3v) is 4.88. The molecular formula is C28H36Cl2SiZr-4. The van der Waals surface area contributed by atoms with Gasteiger partial charge in [0.2, 0.25) is 0 Å². The summed E-state index contributed by atoms with van der Waals surface area (Å²) in [5, 5.41) is 0. The van der Waals surface area contributed by atoms with E-state index in [-0.39, 0.29) is 39.7 Å². The fourth-order valence-electron chi connectivity index (χ4n) is 3.24. The summed E-state index contributed by atoms with van der Waals surface area (Å²) < 4.78 is 0. The van der Waals surface area contributed by atoms with E-state index in [9.17, 15) is 0 Å². The van der Waals surface area contributed by atoms with E-state index in [1.807, 2.05) is 6.88 Å². The van der Waals surface area contributed by atoms with Gasteiger partial charge in [0.05, 0.1) is 0 Å². The van der Waals surface area contributed by atoms with Crippen LogP contribution in [-0.2, 0) is 23.3 Å². The monoisotopic (exact) mass is 560 g/mol. The van der Waals surface area contributed by atoms with Crippen LogP contribution in [-0.4, -0.2) is 6.88 Å². The summed E-state index contributed by atoms with van der Waals surface area (Å²) in [5.74, 6) is 0. The molecule has 0 saturated heterocycles. The first-order chi connectivity index (χ1) is 13.5. The minimum atomic E-state index is 0. The second-order valence-corrected chi connectivity index (χ2v) is 6.98. The van der Waals surface area contributed by atoms with Gasteiger partial charge in [0.15, 0.2) is 0 Å². The molecule has 2 aromatic carbocycles. The maximum absolute atomic E-state index is 3.31. The Bertz CT molecular complexity index is 843. The quantitative estimate of drug-likeness (QED) is 0.258. The number of halogens is 2. The van der Waals surface area contributed by atoms with Gasteiger partial charge in [0.1, 0.15) is 0 Å². The average molecular weight is 563 g/mol. The van der Waals surface area contributed by atoms with E-state index in [1.54, 1.807) is 23.3 Å². The van der Waals surface area contributed by atoms with E-state index in [2.05, 4.69) is 101 Å². The number of aryl methyl sites for hydroxylation is 2. The molecule has 0 spiro atoms. The van der Waals surface area contributed by atoms with Crippen LogP contribution in [0.5, 0.6) is 0 Å². The summed E-state index contributed by atoms with van der Waals surface area (Å²) in [6.45, 7) is 10.4. The number of benzene rings is 2. The molecule has 0 heterocycles. The van der Waals surface area contributed by atoms with Crippen LogP contribution in [0.1, 0.15) is 48.9 Å². The van der Waals surface area contributed by atoms with Crippen molar-refractivity contribution in [2.45, 2.75) is 40.5 Å². The zero-order valence-electron chi connectivity index (χ0n) is 20.2. The molecule has 4 heteroatoms. The predicted molar refractivity (Wildman–Crippen MR) is 148 cm³/mol. The summed E-state index contributed by atoms with van der Waals surface area (Å²) in [6, 6.07) is 17.3. The average Bonchev–Trinajstić information content (AvgIpc) is 3.34. The minimum absolute atomic E-state index is 0. The van der Waals surface area contributed by atoms with Gasteiger partial charge >= 0.3 is 30.2 Å². The molecular weight excluding hydrogens is 527 g/mol.